The van der Waals surface area contributed by atoms with Crippen LogP contribution in [0, 0.1) is 12.8 Å². The minimum absolute atomic E-state index is 0.0331. The number of halogens is 2. The summed E-state index contributed by atoms with van der Waals surface area (Å²) in [7, 11) is 0. The lowest BCUT2D eigenvalue weighted by Crippen LogP contribution is -2.39. The topological polar surface area (TPSA) is 70.6 Å². The maximum atomic E-state index is 12.4. The number of ether oxygens (including phenoxy) is 1. The molecule has 0 saturated heterocycles. The molecule has 130 valence electrons. The number of rotatable bonds is 8. The first kappa shape index (κ1) is 19.2. The minimum Gasteiger partial charge on any atom is -0.434 e. The summed E-state index contributed by atoms with van der Waals surface area (Å²) in [5, 5.41) is 14.8. The second-order valence-corrected chi connectivity index (χ2v) is 5.84. The summed E-state index contributed by atoms with van der Waals surface area (Å²) in [6.07, 6.45) is -0.0256. The van der Waals surface area contributed by atoms with Crippen LogP contribution in [0.5, 0.6) is 5.75 Å². The molecule has 0 radical (unpaired) electrons. The summed E-state index contributed by atoms with van der Waals surface area (Å²) < 4.78 is 29.2. The van der Waals surface area contributed by atoms with Crippen LogP contribution < -0.4 is 15.4 Å². The Labute approximate surface area is 135 Å². The van der Waals surface area contributed by atoms with Crippen molar-refractivity contribution >= 4 is 6.03 Å². The van der Waals surface area contributed by atoms with Crippen molar-refractivity contribution in [1.29, 1.82) is 0 Å². The van der Waals surface area contributed by atoms with Crippen LogP contribution in [0.2, 0.25) is 0 Å². The van der Waals surface area contributed by atoms with Crippen molar-refractivity contribution in [1.82, 2.24) is 10.6 Å². The standard InChI is InChI=1S/C16H24F2N2O3/c1-10(2)6-13(21)9-20-16(22)19-8-12-7-11(3)4-5-14(12)23-15(17)18/h4-5,7,10,13,15,21H,6,8-9H2,1-3H3,(H2,19,20,22). The molecule has 0 saturated carbocycles. The first-order chi connectivity index (χ1) is 10.8. The van der Waals surface area contributed by atoms with Gasteiger partial charge >= 0.3 is 12.6 Å². The van der Waals surface area contributed by atoms with Gasteiger partial charge in [0, 0.05) is 18.7 Å². The second-order valence-electron chi connectivity index (χ2n) is 5.84. The Morgan fingerprint density at radius 2 is 2.00 bits per heavy atom. The van der Waals surface area contributed by atoms with E-state index >= 15 is 0 Å². The number of carbonyl (C=O) groups is 1. The number of urea groups is 1. The van der Waals surface area contributed by atoms with Gasteiger partial charge in [-0.2, -0.15) is 8.78 Å². The first-order valence-electron chi connectivity index (χ1n) is 7.52. The molecule has 7 heteroatoms. The van der Waals surface area contributed by atoms with Crippen molar-refractivity contribution in [2.24, 2.45) is 5.92 Å². The number of alkyl halides is 2. The number of aliphatic hydroxyl groups excluding tert-OH is 1. The molecule has 0 heterocycles. The fraction of sp³-hybridized carbons (Fsp3) is 0.562. The van der Waals surface area contributed by atoms with Crippen molar-refractivity contribution in [2.75, 3.05) is 6.54 Å². The van der Waals surface area contributed by atoms with Gasteiger partial charge in [0.15, 0.2) is 0 Å². The molecule has 1 unspecified atom stereocenters. The van der Waals surface area contributed by atoms with Crippen molar-refractivity contribution in [3.63, 3.8) is 0 Å². The highest BCUT2D eigenvalue weighted by atomic mass is 19.3. The quantitative estimate of drug-likeness (QED) is 0.686. The third-order valence-corrected chi connectivity index (χ3v) is 3.11. The van der Waals surface area contributed by atoms with E-state index in [1.165, 1.54) is 6.07 Å². The van der Waals surface area contributed by atoms with Crippen molar-refractivity contribution in [3.8, 4) is 5.75 Å². The van der Waals surface area contributed by atoms with Crippen LogP contribution in [-0.4, -0.2) is 30.4 Å². The van der Waals surface area contributed by atoms with E-state index in [4.69, 9.17) is 0 Å². The number of carbonyl (C=O) groups excluding carboxylic acids is 1. The van der Waals surface area contributed by atoms with Gasteiger partial charge in [-0.1, -0.05) is 31.5 Å². The van der Waals surface area contributed by atoms with Gasteiger partial charge in [0.25, 0.3) is 0 Å². The SMILES string of the molecule is Cc1ccc(OC(F)F)c(CNC(=O)NCC(O)CC(C)C)c1. The molecule has 0 bridgehead atoms. The smallest absolute Gasteiger partial charge is 0.387 e. The molecule has 2 amide bonds. The van der Waals surface area contributed by atoms with E-state index < -0.39 is 18.7 Å². The number of benzene rings is 1. The maximum absolute atomic E-state index is 12.4. The molecular formula is C16H24F2N2O3. The Balaban J connectivity index is 2.50. The molecule has 1 atom stereocenters. The van der Waals surface area contributed by atoms with Crippen LogP contribution in [0.15, 0.2) is 18.2 Å². The Morgan fingerprint density at radius 1 is 1.30 bits per heavy atom. The van der Waals surface area contributed by atoms with Crippen molar-refractivity contribution in [3.05, 3.63) is 29.3 Å². The Bertz CT molecular complexity index is 510. The van der Waals surface area contributed by atoms with Gasteiger partial charge in [-0.3, -0.25) is 0 Å². The summed E-state index contributed by atoms with van der Waals surface area (Å²) in [6.45, 7) is 3.04. The number of aliphatic hydroxyl groups is 1. The van der Waals surface area contributed by atoms with Gasteiger partial charge < -0.3 is 20.5 Å². The molecule has 1 rings (SSSR count). The zero-order valence-electron chi connectivity index (χ0n) is 13.6. The zero-order valence-corrected chi connectivity index (χ0v) is 13.6. The molecule has 23 heavy (non-hydrogen) atoms. The number of amides is 2. The van der Waals surface area contributed by atoms with Crippen LogP contribution in [0.1, 0.15) is 31.4 Å². The average molecular weight is 330 g/mol. The normalized spacial score (nSPS) is 12.3. The molecule has 0 aliphatic carbocycles. The van der Waals surface area contributed by atoms with E-state index in [1.54, 1.807) is 12.1 Å². The summed E-state index contributed by atoms with van der Waals surface area (Å²) in [4.78, 5) is 11.7. The molecule has 0 fully saturated rings. The first-order valence-corrected chi connectivity index (χ1v) is 7.52. The van der Waals surface area contributed by atoms with E-state index in [0.717, 1.165) is 5.56 Å². The molecule has 3 N–H and O–H groups in total. The van der Waals surface area contributed by atoms with Crippen LogP contribution in [-0.2, 0) is 6.54 Å². The summed E-state index contributed by atoms with van der Waals surface area (Å²) >= 11 is 0. The molecule has 0 aromatic heterocycles. The zero-order chi connectivity index (χ0) is 17.4. The lowest BCUT2D eigenvalue weighted by Gasteiger charge is -2.15. The van der Waals surface area contributed by atoms with Crippen LogP contribution in [0.4, 0.5) is 13.6 Å². The van der Waals surface area contributed by atoms with E-state index in [-0.39, 0.29) is 18.8 Å². The minimum atomic E-state index is -2.92. The summed E-state index contributed by atoms with van der Waals surface area (Å²) in [5.74, 6) is 0.363. The fourth-order valence-corrected chi connectivity index (χ4v) is 2.13. The van der Waals surface area contributed by atoms with Crippen LogP contribution in [0.3, 0.4) is 0 Å². The highest BCUT2D eigenvalue weighted by Crippen LogP contribution is 2.21. The maximum Gasteiger partial charge on any atom is 0.387 e. The van der Waals surface area contributed by atoms with Gasteiger partial charge in [-0.05, 0) is 25.3 Å². The number of hydrogen-bond donors (Lipinski definition) is 3. The summed E-state index contributed by atoms with van der Waals surface area (Å²) in [5.41, 5.74) is 1.33. The number of aryl methyl sites for hydroxylation is 1. The molecule has 5 nitrogen and oxygen atoms in total. The predicted octanol–water partition coefficient (Wildman–Crippen LogP) is 2.80. The van der Waals surface area contributed by atoms with Gasteiger partial charge in [0.2, 0.25) is 0 Å². The van der Waals surface area contributed by atoms with E-state index in [2.05, 4.69) is 15.4 Å². The van der Waals surface area contributed by atoms with E-state index in [0.29, 0.717) is 17.9 Å². The molecule has 1 aromatic carbocycles. The van der Waals surface area contributed by atoms with Crippen LogP contribution in [0.25, 0.3) is 0 Å². The highest BCUT2D eigenvalue weighted by molar-refractivity contribution is 5.73. The lowest BCUT2D eigenvalue weighted by molar-refractivity contribution is -0.0504. The van der Waals surface area contributed by atoms with Crippen molar-refractivity contribution in [2.45, 2.75) is 46.5 Å². The predicted molar refractivity (Wildman–Crippen MR) is 83.5 cm³/mol. The molecule has 0 spiro atoms. The van der Waals surface area contributed by atoms with Gasteiger partial charge in [0.05, 0.1) is 6.10 Å². The third kappa shape index (κ3) is 7.78. The largest absolute Gasteiger partial charge is 0.434 e. The molecular weight excluding hydrogens is 306 g/mol. The van der Waals surface area contributed by atoms with Gasteiger partial charge in [-0.15, -0.1) is 0 Å². The monoisotopic (exact) mass is 330 g/mol. The highest BCUT2D eigenvalue weighted by Gasteiger charge is 2.12. The Kier molecular flexibility index (Phi) is 7.74. The molecule has 0 aliphatic rings. The Hall–Kier alpha value is -1.89. The van der Waals surface area contributed by atoms with E-state index in [9.17, 15) is 18.7 Å². The van der Waals surface area contributed by atoms with Gasteiger partial charge in [-0.25, -0.2) is 4.79 Å². The molecule has 0 aliphatic heterocycles. The second kappa shape index (κ2) is 9.29. The average Bonchev–Trinajstić information content (AvgIpc) is 2.44. The van der Waals surface area contributed by atoms with Crippen molar-refractivity contribution < 1.29 is 23.4 Å². The fourth-order valence-electron chi connectivity index (χ4n) is 2.13. The lowest BCUT2D eigenvalue weighted by atomic mass is 10.1. The third-order valence-electron chi connectivity index (χ3n) is 3.11. The molecule has 1 aromatic rings. The number of hydrogen-bond acceptors (Lipinski definition) is 3. The number of nitrogens with one attached hydrogen (secondary N) is 2. The Morgan fingerprint density at radius 3 is 2.61 bits per heavy atom. The van der Waals surface area contributed by atoms with Gasteiger partial charge in [0.1, 0.15) is 5.75 Å². The van der Waals surface area contributed by atoms with Crippen LogP contribution >= 0.6 is 0 Å². The summed E-state index contributed by atoms with van der Waals surface area (Å²) in [6, 6.07) is 4.30. The van der Waals surface area contributed by atoms with E-state index in [1.807, 2.05) is 20.8 Å².